The lowest BCUT2D eigenvalue weighted by atomic mass is 9.94. The Kier molecular flexibility index (Phi) is 3.77. The standard InChI is InChI=1S/C17H21FN4O3/c1-9(2)22-15(19-20-17(22)24)14-11(10-3-4-10)7-8-21(14)16(23)12-5-6-13(18)25-12/h5-6,9-11,14H,3-4,7-8H2,1-2H3,(H,20,24). The van der Waals surface area contributed by atoms with E-state index in [-0.39, 0.29) is 35.4 Å². The molecule has 1 N–H and O–H groups in total. The number of aromatic nitrogens is 3. The summed E-state index contributed by atoms with van der Waals surface area (Å²) >= 11 is 0. The summed E-state index contributed by atoms with van der Waals surface area (Å²) < 4.78 is 19.7. The van der Waals surface area contributed by atoms with Gasteiger partial charge in [0.15, 0.2) is 11.6 Å². The molecule has 1 aliphatic heterocycles. The highest BCUT2D eigenvalue weighted by Gasteiger charge is 2.48. The number of halogens is 1. The summed E-state index contributed by atoms with van der Waals surface area (Å²) in [6.45, 7) is 4.37. The number of H-pyrrole nitrogens is 1. The summed E-state index contributed by atoms with van der Waals surface area (Å²) in [5, 5.41) is 6.75. The lowest BCUT2D eigenvalue weighted by Crippen LogP contribution is -2.35. The minimum Gasteiger partial charge on any atom is -0.426 e. The molecule has 2 aliphatic rings. The topological polar surface area (TPSA) is 84.1 Å². The van der Waals surface area contributed by atoms with E-state index in [0.717, 1.165) is 25.3 Å². The molecule has 0 spiro atoms. The molecule has 2 aromatic heterocycles. The van der Waals surface area contributed by atoms with Gasteiger partial charge >= 0.3 is 5.69 Å². The first kappa shape index (κ1) is 16.1. The second kappa shape index (κ2) is 5.86. The molecule has 134 valence electrons. The van der Waals surface area contributed by atoms with Crippen LogP contribution in [0.25, 0.3) is 0 Å². The molecule has 3 heterocycles. The number of nitrogens with one attached hydrogen (secondary N) is 1. The van der Waals surface area contributed by atoms with Gasteiger partial charge in [0.05, 0.1) is 6.04 Å². The molecule has 4 rings (SSSR count). The Bertz CT molecular complexity index is 848. The van der Waals surface area contributed by atoms with Crippen LogP contribution >= 0.6 is 0 Å². The van der Waals surface area contributed by atoms with Crippen molar-refractivity contribution in [3.05, 3.63) is 40.2 Å². The van der Waals surface area contributed by atoms with Crippen molar-refractivity contribution in [1.29, 1.82) is 0 Å². The molecule has 0 bridgehead atoms. The summed E-state index contributed by atoms with van der Waals surface area (Å²) in [6.07, 6.45) is 3.12. The van der Waals surface area contributed by atoms with Crippen molar-refractivity contribution in [3.8, 4) is 0 Å². The number of likely N-dealkylation sites (tertiary alicyclic amines) is 1. The third kappa shape index (κ3) is 2.69. The molecule has 2 unspecified atom stereocenters. The number of furan rings is 1. The van der Waals surface area contributed by atoms with E-state index in [1.807, 2.05) is 13.8 Å². The van der Waals surface area contributed by atoms with Crippen LogP contribution in [0.1, 0.15) is 61.6 Å². The summed E-state index contributed by atoms with van der Waals surface area (Å²) in [4.78, 5) is 26.7. The Hall–Kier alpha value is -2.38. The van der Waals surface area contributed by atoms with E-state index in [0.29, 0.717) is 18.3 Å². The molecule has 2 aromatic rings. The van der Waals surface area contributed by atoms with E-state index in [4.69, 9.17) is 4.42 Å². The smallest absolute Gasteiger partial charge is 0.343 e. The molecule has 8 heteroatoms. The number of carbonyl (C=O) groups excluding carboxylic acids is 1. The van der Waals surface area contributed by atoms with Crippen LogP contribution < -0.4 is 5.69 Å². The van der Waals surface area contributed by atoms with Crippen LogP contribution in [-0.4, -0.2) is 32.1 Å². The zero-order chi connectivity index (χ0) is 17.7. The fourth-order valence-electron chi connectivity index (χ4n) is 3.99. The number of hydrogen-bond donors (Lipinski definition) is 1. The quantitative estimate of drug-likeness (QED) is 0.920. The van der Waals surface area contributed by atoms with Crippen molar-refractivity contribution in [1.82, 2.24) is 19.7 Å². The van der Waals surface area contributed by atoms with Gasteiger partial charge in [-0.05, 0) is 51.0 Å². The summed E-state index contributed by atoms with van der Waals surface area (Å²) in [6, 6.07) is 1.33. The van der Waals surface area contributed by atoms with Crippen molar-refractivity contribution in [2.45, 2.75) is 45.2 Å². The van der Waals surface area contributed by atoms with Gasteiger partial charge in [0, 0.05) is 18.7 Å². The number of aromatic amines is 1. The fourth-order valence-corrected chi connectivity index (χ4v) is 3.99. The van der Waals surface area contributed by atoms with E-state index in [1.165, 1.54) is 6.07 Å². The van der Waals surface area contributed by atoms with Gasteiger partial charge in [-0.15, -0.1) is 0 Å². The Morgan fingerprint density at radius 2 is 2.12 bits per heavy atom. The molecule has 1 aliphatic carbocycles. The van der Waals surface area contributed by atoms with Gasteiger partial charge < -0.3 is 9.32 Å². The SMILES string of the molecule is CC(C)n1c(C2C(C3CC3)CCN2C(=O)c2ccc(F)o2)n[nH]c1=O. The van der Waals surface area contributed by atoms with Gasteiger partial charge in [0.25, 0.3) is 11.9 Å². The first-order valence-corrected chi connectivity index (χ1v) is 8.70. The van der Waals surface area contributed by atoms with Crippen molar-refractivity contribution in [2.75, 3.05) is 6.54 Å². The van der Waals surface area contributed by atoms with E-state index in [2.05, 4.69) is 10.2 Å². The van der Waals surface area contributed by atoms with Gasteiger partial charge in [-0.25, -0.2) is 9.89 Å². The van der Waals surface area contributed by atoms with Gasteiger partial charge in [-0.2, -0.15) is 9.49 Å². The largest absolute Gasteiger partial charge is 0.426 e. The van der Waals surface area contributed by atoms with Crippen molar-refractivity contribution >= 4 is 5.91 Å². The number of hydrogen-bond acceptors (Lipinski definition) is 4. The Morgan fingerprint density at radius 1 is 1.36 bits per heavy atom. The molecule has 0 radical (unpaired) electrons. The summed E-state index contributed by atoms with van der Waals surface area (Å²) in [5.41, 5.74) is -0.275. The van der Waals surface area contributed by atoms with E-state index >= 15 is 0 Å². The van der Waals surface area contributed by atoms with Crippen molar-refractivity contribution in [2.24, 2.45) is 11.8 Å². The highest BCUT2D eigenvalue weighted by atomic mass is 19.1. The summed E-state index contributed by atoms with van der Waals surface area (Å²) in [7, 11) is 0. The molecule has 1 saturated carbocycles. The molecular weight excluding hydrogens is 327 g/mol. The van der Waals surface area contributed by atoms with Crippen LogP contribution in [0.3, 0.4) is 0 Å². The first-order chi connectivity index (χ1) is 12.0. The van der Waals surface area contributed by atoms with Crippen LogP contribution in [-0.2, 0) is 0 Å². The van der Waals surface area contributed by atoms with E-state index < -0.39 is 6.01 Å². The van der Waals surface area contributed by atoms with Gasteiger partial charge in [0.1, 0.15) is 0 Å². The average Bonchev–Trinajstić information content (AvgIpc) is 3.00. The zero-order valence-corrected chi connectivity index (χ0v) is 14.2. The van der Waals surface area contributed by atoms with Crippen LogP contribution in [0.4, 0.5) is 4.39 Å². The summed E-state index contributed by atoms with van der Waals surface area (Å²) in [5.74, 6) is 1.01. The number of rotatable bonds is 4. The van der Waals surface area contributed by atoms with Gasteiger partial charge in [0.2, 0.25) is 0 Å². The Labute approximate surface area is 143 Å². The highest BCUT2D eigenvalue weighted by Crippen LogP contribution is 2.50. The van der Waals surface area contributed by atoms with Gasteiger partial charge in [-0.3, -0.25) is 9.36 Å². The molecule has 25 heavy (non-hydrogen) atoms. The van der Waals surface area contributed by atoms with Crippen LogP contribution in [0.15, 0.2) is 21.3 Å². The van der Waals surface area contributed by atoms with Crippen LogP contribution in [0.2, 0.25) is 0 Å². The van der Waals surface area contributed by atoms with Gasteiger partial charge in [-0.1, -0.05) is 0 Å². The third-order valence-electron chi connectivity index (χ3n) is 5.23. The second-order valence-electron chi connectivity index (χ2n) is 7.19. The highest BCUT2D eigenvalue weighted by molar-refractivity contribution is 5.92. The van der Waals surface area contributed by atoms with E-state index in [9.17, 15) is 14.0 Å². The first-order valence-electron chi connectivity index (χ1n) is 8.70. The van der Waals surface area contributed by atoms with Crippen LogP contribution in [0.5, 0.6) is 0 Å². The maximum atomic E-state index is 13.2. The lowest BCUT2D eigenvalue weighted by Gasteiger charge is -2.28. The van der Waals surface area contributed by atoms with Crippen molar-refractivity contribution in [3.63, 3.8) is 0 Å². The molecule has 7 nitrogen and oxygen atoms in total. The predicted molar refractivity (Wildman–Crippen MR) is 86.5 cm³/mol. The second-order valence-corrected chi connectivity index (χ2v) is 7.19. The fraction of sp³-hybridized carbons (Fsp3) is 0.588. The van der Waals surface area contributed by atoms with Crippen LogP contribution in [0, 0.1) is 17.8 Å². The number of carbonyl (C=O) groups is 1. The molecular formula is C17H21FN4O3. The monoisotopic (exact) mass is 348 g/mol. The number of amides is 1. The maximum absolute atomic E-state index is 13.2. The minimum absolute atomic E-state index is 0.0204. The minimum atomic E-state index is -0.781. The lowest BCUT2D eigenvalue weighted by molar-refractivity contribution is 0.0658. The maximum Gasteiger partial charge on any atom is 0.343 e. The molecule has 1 amide bonds. The number of nitrogens with zero attached hydrogens (tertiary/aromatic N) is 3. The predicted octanol–water partition coefficient (Wildman–Crippen LogP) is 2.50. The normalized spacial score (nSPS) is 23.6. The molecule has 1 saturated heterocycles. The molecule has 2 fully saturated rings. The third-order valence-corrected chi connectivity index (χ3v) is 5.23. The van der Waals surface area contributed by atoms with Crippen molar-refractivity contribution < 1.29 is 13.6 Å². The Balaban J connectivity index is 1.74. The molecule has 0 aromatic carbocycles. The average molecular weight is 348 g/mol. The zero-order valence-electron chi connectivity index (χ0n) is 14.2. The Morgan fingerprint density at radius 3 is 2.72 bits per heavy atom. The molecule has 2 atom stereocenters. The van der Waals surface area contributed by atoms with E-state index in [1.54, 1.807) is 9.47 Å².